The maximum atomic E-state index is 12.1. The van der Waals surface area contributed by atoms with Crippen LogP contribution in [0, 0.1) is 0 Å². The summed E-state index contributed by atoms with van der Waals surface area (Å²) in [6.07, 6.45) is 0.662. The molecular formula is C23H20ClNO4. The number of nitrogens with one attached hydrogen (secondary N) is 1. The van der Waals surface area contributed by atoms with E-state index in [2.05, 4.69) is 5.32 Å². The summed E-state index contributed by atoms with van der Waals surface area (Å²) < 4.78 is 5.07. The molecule has 0 heterocycles. The van der Waals surface area contributed by atoms with Gasteiger partial charge in [-0.2, -0.15) is 0 Å². The summed E-state index contributed by atoms with van der Waals surface area (Å²) in [5, 5.41) is 12.7. The maximum Gasteiger partial charge on any atom is 0.338 e. The van der Waals surface area contributed by atoms with Gasteiger partial charge < -0.3 is 15.2 Å². The number of hydrogen-bond donors (Lipinski definition) is 2. The molecule has 0 saturated heterocycles. The second-order valence-electron chi connectivity index (χ2n) is 6.43. The molecule has 0 aromatic heterocycles. The lowest BCUT2D eigenvalue weighted by molar-refractivity contribution is -0.124. The Labute approximate surface area is 173 Å². The number of aromatic hydroxyl groups is 1. The molecule has 0 radical (unpaired) electrons. The first-order chi connectivity index (χ1) is 14.0. The van der Waals surface area contributed by atoms with Gasteiger partial charge >= 0.3 is 5.97 Å². The molecule has 0 unspecified atom stereocenters. The fourth-order valence-electron chi connectivity index (χ4n) is 2.72. The minimum atomic E-state index is -0.560. The molecule has 0 fully saturated rings. The van der Waals surface area contributed by atoms with Gasteiger partial charge in [-0.25, -0.2) is 4.79 Å². The van der Waals surface area contributed by atoms with Crippen LogP contribution in [0.4, 0.5) is 0 Å². The van der Waals surface area contributed by atoms with Gasteiger partial charge in [0, 0.05) is 11.6 Å². The van der Waals surface area contributed by atoms with Crippen molar-refractivity contribution in [2.45, 2.75) is 6.42 Å². The van der Waals surface area contributed by atoms with E-state index in [1.807, 2.05) is 12.1 Å². The molecule has 0 aliphatic heterocycles. The zero-order chi connectivity index (χ0) is 20.6. The van der Waals surface area contributed by atoms with E-state index < -0.39 is 5.97 Å². The molecule has 5 nitrogen and oxygen atoms in total. The Morgan fingerprint density at radius 3 is 2.07 bits per heavy atom. The third-order valence-corrected chi connectivity index (χ3v) is 4.56. The molecule has 6 heteroatoms. The van der Waals surface area contributed by atoms with Crippen molar-refractivity contribution >= 4 is 23.5 Å². The van der Waals surface area contributed by atoms with Crippen molar-refractivity contribution in [1.82, 2.24) is 5.32 Å². The van der Waals surface area contributed by atoms with E-state index in [9.17, 15) is 14.7 Å². The number of amides is 1. The highest BCUT2D eigenvalue weighted by Crippen LogP contribution is 2.22. The second-order valence-corrected chi connectivity index (χ2v) is 6.86. The largest absolute Gasteiger partial charge is 0.508 e. The first kappa shape index (κ1) is 20.4. The molecular weight excluding hydrogens is 390 g/mol. The van der Waals surface area contributed by atoms with Crippen LogP contribution in [0.2, 0.25) is 5.02 Å². The van der Waals surface area contributed by atoms with Crippen LogP contribution in [-0.2, 0) is 16.0 Å². The highest BCUT2D eigenvalue weighted by Gasteiger charge is 2.10. The van der Waals surface area contributed by atoms with E-state index in [1.165, 1.54) is 0 Å². The van der Waals surface area contributed by atoms with Crippen molar-refractivity contribution in [3.05, 3.63) is 88.9 Å². The molecule has 3 rings (SSSR count). The number of halogens is 1. The van der Waals surface area contributed by atoms with Crippen molar-refractivity contribution in [3.63, 3.8) is 0 Å². The highest BCUT2D eigenvalue weighted by atomic mass is 35.5. The number of phenols is 1. The third kappa shape index (κ3) is 6.09. The Balaban J connectivity index is 1.44. The van der Waals surface area contributed by atoms with Gasteiger partial charge in [0.2, 0.25) is 0 Å². The fourth-order valence-corrected chi connectivity index (χ4v) is 2.84. The van der Waals surface area contributed by atoms with Crippen molar-refractivity contribution < 1.29 is 19.4 Å². The van der Waals surface area contributed by atoms with Crippen LogP contribution in [0.1, 0.15) is 15.9 Å². The molecule has 0 bridgehead atoms. The topological polar surface area (TPSA) is 75.6 Å². The summed E-state index contributed by atoms with van der Waals surface area (Å²) in [5.74, 6) is -0.719. The number of hydrogen-bond acceptors (Lipinski definition) is 4. The normalized spacial score (nSPS) is 10.4. The second kappa shape index (κ2) is 9.75. The average molecular weight is 410 g/mol. The molecule has 1 amide bonds. The van der Waals surface area contributed by atoms with Gasteiger partial charge in [-0.3, -0.25) is 4.79 Å². The Kier molecular flexibility index (Phi) is 6.87. The zero-order valence-corrected chi connectivity index (χ0v) is 16.4. The van der Waals surface area contributed by atoms with Crippen molar-refractivity contribution in [1.29, 1.82) is 0 Å². The summed E-state index contributed by atoms with van der Waals surface area (Å²) in [6, 6.07) is 21.0. The first-order valence-electron chi connectivity index (χ1n) is 9.09. The lowest BCUT2D eigenvalue weighted by atomic mass is 10.0. The fraction of sp³-hybridized carbons (Fsp3) is 0.130. The lowest BCUT2D eigenvalue weighted by Gasteiger charge is -2.08. The number of ether oxygens (including phenoxy) is 1. The summed E-state index contributed by atoms with van der Waals surface area (Å²) >= 11 is 5.84. The van der Waals surface area contributed by atoms with E-state index in [-0.39, 0.29) is 18.3 Å². The molecule has 3 aromatic carbocycles. The van der Waals surface area contributed by atoms with E-state index >= 15 is 0 Å². The van der Waals surface area contributed by atoms with Gasteiger partial charge in [0.25, 0.3) is 5.91 Å². The predicted octanol–water partition coefficient (Wildman–Crippen LogP) is 4.23. The number of phenolic OH excluding ortho intramolecular Hbond substituents is 1. The van der Waals surface area contributed by atoms with Crippen LogP contribution in [0.15, 0.2) is 72.8 Å². The first-order valence-corrected chi connectivity index (χ1v) is 9.47. The Hall–Kier alpha value is -3.31. The monoisotopic (exact) mass is 409 g/mol. The van der Waals surface area contributed by atoms with Crippen LogP contribution in [0.25, 0.3) is 11.1 Å². The number of rotatable bonds is 7. The van der Waals surface area contributed by atoms with Crippen LogP contribution in [-0.4, -0.2) is 30.1 Å². The minimum absolute atomic E-state index is 0.195. The van der Waals surface area contributed by atoms with Gasteiger partial charge in [-0.1, -0.05) is 48.0 Å². The average Bonchev–Trinajstić information content (AvgIpc) is 2.74. The molecule has 148 valence electrons. The van der Waals surface area contributed by atoms with Gasteiger partial charge in [0.1, 0.15) is 5.75 Å². The van der Waals surface area contributed by atoms with Crippen LogP contribution >= 0.6 is 11.6 Å². The van der Waals surface area contributed by atoms with E-state index in [0.717, 1.165) is 16.7 Å². The Morgan fingerprint density at radius 1 is 0.862 bits per heavy atom. The number of esters is 1. The number of carbonyl (C=O) groups excluding carboxylic acids is 2. The van der Waals surface area contributed by atoms with Crippen molar-refractivity contribution in [2.75, 3.05) is 13.2 Å². The predicted molar refractivity (Wildman–Crippen MR) is 112 cm³/mol. The molecule has 0 aliphatic carbocycles. The van der Waals surface area contributed by atoms with Crippen LogP contribution in [0.3, 0.4) is 0 Å². The Bertz CT molecular complexity index is 967. The SMILES string of the molecule is O=C(COC(=O)c1ccc(-c2ccc(O)cc2)cc1)NCCc1ccc(Cl)cc1. The maximum absolute atomic E-state index is 12.1. The molecule has 0 spiro atoms. The summed E-state index contributed by atoms with van der Waals surface area (Å²) in [5.41, 5.74) is 3.24. The lowest BCUT2D eigenvalue weighted by Crippen LogP contribution is -2.30. The Morgan fingerprint density at radius 2 is 1.45 bits per heavy atom. The van der Waals surface area contributed by atoms with Crippen LogP contribution < -0.4 is 5.32 Å². The van der Waals surface area contributed by atoms with E-state index in [1.54, 1.807) is 60.7 Å². The number of carbonyl (C=O) groups is 2. The van der Waals surface area contributed by atoms with Gasteiger partial charge in [-0.05, 0) is 59.5 Å². The molecule has 29 heavy (non-hydrogen) atoms. The minimum Gasteiger partial charge on any atom is -0.508 e. The van der Waals surface area contributed by atoms with E-state index in [0.29, 0.717) is 23.6 Å². The third-order valence-electron chi connectivity index (χ3n) is 4.30. The molecule has 0 aliphatic rings. The summed E-state index contributed by atoms with van der Waals surface area (Å²) in [6.45, 7) is 0.110. The van der Waals surface area contributed by atoms with Gasteiger partial charge in [-0.15, -0.1) is 0 Å². The quantitative estimate of drug-likeness (QED) is 0.572. The standard InChI is InChI=1S/C23H20ClNO4/c24-20-9-1-16(2-10-20)13-14-25-22(27)15-29-23(28)19-5-3-17(4-6-19)18-7-11-21(26)12-8-18/h1-12,26H,13-15H2,(H,25,27). The summed E-state index contributed by atoms with van der Waals surface area (Å²) in [4.78, 5) is 24.0. The molecule has 0 saturated carbocycles. The smallest absolute Gasteiger partial charge is 0.338 e. The highest BCUT2D eigenvalue weighted by molar-refractivity contribution is 6.30. The molecule has 2 N–H and O–H groups in total. The summed E-state index contributed by atoms with van der Waals surface area (Å²) in [7, 11) is 0. The van der Waals surface area contributed by atoms with Crippen LogP contribution in [0.5, 0.6) is 5.75 Å². The molecule has 3 aromatic rings. The van der Waals surface area contributed by atoms with Gasteiger partial charge in [0.05, 0.1) is 5.56 Å². The van der Waals surface area contributed by atoms with Crippen molar-refractivity contribution in [3.8, 4) is 16.9 Å². The van der Waals surface area contributed by atoms with Gasteiger partial charge in [0.15, 0.2) is 6.61 Å². The molecule has 0 atom stereocenters. The van der Waals surface area contributed by atoms with Crippen molar-refractivity contribution in [2.24, 2.45) is 0 Å². The zero-order valence-electron chi connectivity index (χ0n) is 15.6. The number of benzene rings is 3. The van der Waals surface area contributed by atoms with E-state index in [4.69, 9.17) is 16.3 Å².